The quantitative estimate of drug-likeness (QED) is 0.800. The number of nitriles is 1. The van der Waals surface area contributed by atoms with Gasteiger partial charge in [-0.15, -0.1) is 0 Å². The lowest BCUT2D eigenvalue weighted by Crippen LogP contribution is -2.01. The van der Waals surface area contributed by atoms with E-state index in [1.807, 2.05) is 30.3 Å². The molecule has 1 atom stereocenters. The van der Waals surface area contributed by atoms with Crippen molar-refractivity contribution in [1.82, 2.24) is 0 Å². The lowest BCUT2D eigenvalue weighted by molar-refractivity contribution is 0.414. The number of hydrogen-bond donors (Lipinski definition) is 0. The Kier molecular flexibility index (Phi) is 4.58. The molecule has 2 rings (SSSR count). The normalized spacial score (nSPS) is 11.6. The van der Waals surface area contributed by atoms with Crippen LogP contribution in [-0.4, -0.2) is 7.11 Å². The lowest BCUT2D eigenvalue weighted by atomic mass is 9.87. The number of rotatable bonds is 5. The van der Waals surface area contributed by atoms with Crippen molar-refractivity contribution >= 4 is 0 Å². The summed E-state index contributed by atoms with van der Waals surface area (Å²) < 4.78 is 5.28. The molecule has 2 heteroatoms. The van der Waals surface area contributed by atoms with Gasteiger partial charge in [-0.3, -0.25) is 0 Å². The zero-order valence-corrected chi connectivity index (χ0v) is 11.0. The third-order valence-corrected chi connectivity index (χ3v) is 3.24. The van der Waals surface area contributed by atoms with E-state index in [9.17, 15) is 0 Å². The molecular formula is C17H17NO. The molecular weight excluding hydrogens is 234 g/mol. The van der Waals surface area contributed by atoms with Gasteiger partial charge >= 0.3 is 0 Å². The number of benzene rings is 2. The van der Waals surface area contributed by atoms with E-state index in [4.69, 9.17) is 10.00 Å². The van der Waals surface area contributed by atoms with Gasteiger partial charge in [0.2, 0.25) is 0 Å². The summed E-state index contributed by atoms with van der Waals surface area (Å²) in [5.74, 6) is 1.10. The second-order valence-electron chi connectivity index (χ2n) is 4.44. The van der Waals surface area contributed by atoms with E-state index in [2.05, 4.69) is 30.3 Å². The van der Waals surface area contributed by atoms with Gasteiger partial charge in [0.05, 0.1) is 13.2 Å². The van der Waals surface area contributed by atoms with Crippen LogP contribution in [0.25, 0.3) is 0 Å². The largest absolute Gasteiger partial charge is 0.497 e. The molecule has 0 heterocycles. The molecule has 2 nitrogen and oxygen atoms in total. The van der Waals surface area contributed by atoms with Crippen LogP contribution < -0.4 is 4.74 Å². The highest BCUT2D eigenvalue weighted by Crippen LogP contribution is 2.30. The van der Waals surface area contributed by atoms with Crippen LogP contribution in [0.15, 0.2) is 54.6 Å². The van der Waals surface area contributed by atoms with E-state index in [1.54, 1.807) is 7.11 Å². The SMILES string of the molecule is COc1cccc(C(CCC#N)c2ccccc2)c1. The molecule has 0 amide bonds. The topological polar surface area (TPSA) is 33.0 Å². The van der Waals surface area contributed by atoms with Crippen LogP contribution in [0.2, 0.25) is 0 Å². The highest BCUT2D eigenvalue weighted by molar-refractivity contribution is 5.37. The molecule has 0 fully saturated rings. The van der Waals surface area contributed by atoms with Crippen LogP contribution in [0, 0.1) is 11.3 Å². The summed E-state index contributed by atoms with van der Waals surface area (Å²) in [6, 6.07) is 20.6. The molecule has 0 aliphatic rings. The predicted octanol–water partition coefficient (Wildman–Crippen LogP) is 4.13. The second kappa shape index (κ2) is 6.61. The molecule has 0 aliphatic carbocycles. The first-order chi connectivity index (χ1) is 9.35. The fraction of sp³-hybridized carbons (Fsp3) is 0.235. The molecule has 0 saturated heterocycles. The minimum Gasteiger partial charge on any atom is -0.497 e. The predicted molar refractivity (Wildman–Crippen MR) is 76.1 cm³/mol. The van der Waals surface area contributed by atoms with Crippen molar-refractivity contribution in [2.75, 3.05) is 7.11 Å². The van der Waals surface area contributed by atoms with Crippen molar-refractivity contribution in [2.24, 2.45) is 0 Å². The van der Waals surface area contributed by atoms with E-state index in [0.29, 0.717) is 6.42 Å². The zero-order valence-electron chi connectivity index (χ0n) is 11.0. The summed E-state index contributed by atoms with van der Waals surface area (Å²) in [6.45, 7) is 0. The number of methoxy groups -OCH3 is 1. The first-order valence-corrected chi connectivity index (χ1v) is 6.41. The Morgan fingerprint density at radius 1 is 1.05 bits per heavy atom. The Morgan fingerprint density at radius 3 is 2.47 bits per heavy atom. The number of hydrogen-bond acceptors (Lipinski definition) is 2. The van der Waals surface area contributed by atoms with Crippen LogP contribution >= 0.6 is 0 Å². The Labute approximate surface area is 114 Å². The van der Waals surface area contributed by atoms with Crippen molar-refractivity contribution in [3.63, 3.8) is 0 Å². The smallest absolute Gasteiger partial charge is 0.119 e. The van der Waals surface area contributed by atoms with Crippen LogP contribution in [-0.2, 0) is 0 Å². The minimum absolute atomic E-state index is 0.246. The Hall–Kier alpha value is -2.27. The molecule has 1 unspecified atom stereocenters. The molecule has 0 aromatic heterocycles. The molecule has 0 spiro atoms. The van der Waals surface area contributed by atoms with Crippen molar-refractivity contribution in [2.45, 2.75) is 18.8 Å². The standard InChI is InChI=1S/C17H17NO/c1-19-16-10-5-9-15(13-16)17(11-6-12-18)14-7-3-2-4-8-14/h2-5,7-10,13,17H,6,11H2,1H3. The van der Waals surface area contributed by atoms with E-state index in [1.165, 1.54) is 11.1 Å². The summed E-state index contributed by atoms with van der Waals surface area (Å²) in [7, 11) is 1.67. The molecule has 0 N–H and O–H groups in total. The van der Waals surface area contributed by atoms with Gasteiger partial charge in [-0.05, 0) is 29.7 Å². The van der Waals surface area contributed by atoms with Gasteiger partial charge in [0.25, 0.3) is 0 Å². The third kappa shape index (κ3) is 3.35. The summed E-state index contributed by atoms with van der Waals surface area (Å²) in [5.41, 5.74) is 2.44. The highest BCUT2D eigenvalue weighted by Gasteiger charge is 2.14. The van der Waals surface area contributed by atoms with Crippen molar-refractivity contribution < 1.29 is 4.74 Å². The van der Waals surface area contributed by atoms with Crippen molar-refractivity contribution in [3.8, 4) is 11.8 Å². The average molecular weight is 251 g/mol. The molecule has 0 saturated carbocycles. The van der Waals surface area contributed by atoms with Gasteiger partial charge in [0.1, 0.15) is 5.75 Å². The average Bonchev–Trinajstić information content (AvgIpc) is 2.49. The fourth-order valence-electron chi connectivity index (χ4n) is 2.28. The lowest BCUT2D eigenvalue weighted by Gasteiger charge is -2.17. The zero-order chi connectivity index (χ0) is 13.5. The molecule has 0 radical (unpaired) electrons. The highest BCUT2D eigenvalue weighted by atomic mass is 16.5. The Morgan fingerprint density at radius 2 is 1.79 bits per heavy atom. The van der Waals surface area contributed by atoms with Crippen molar-refractivity contribution in [1.29, 1.82) is 5.26 Å². The maximum atomic E-state index is 8.84. The van der Waals surface area contributed by atoms with Gasteiger partial charge in [-0.25, -0.2) is 0 Å². The van der Waals surface area contributed by atoms with Crippen LogP contribution in [0.3, 0.4) is 0 Å². The molecule has 0 bridgehead atoms. The van der Waals surface area contributed by atoms with E-state index >= 15 is 0 Å². The van der Waals surface area contributed by atoms with Crippen LogP contribution in [0.1, 0.15) is 29.9 Å². The maximum absolute atomic E-state index is 8.84. The number of ether oxygens (including phenoxy) is 1. The Bertz CT molecular complexity index is 557. The van der Waals surface area contributed by atoms with Gasteiger partial charge in [-0.2, -0.15) is 5.26 Å². The van der Waals surface area contributed by atoms with Crippen LogP contribution in [0.4, 0.5) is 0 Å². The molecule has 96 valence electrons. The first kappa shape index (κ1) is 13.2. The van der Waals surface area contributed by atoms with E-state index < -0.39 is 0 Å². The Balaban J connectivity index is 2.34. The van der Waals surface area contributed by atoms with E-state index in [0.717, 1.165) is 12.2 Å². The monoisotopic (exact) mass is 251 g/mol. The minimum atomic E-state index is 0.246. The van der Waals surface area contributed by atoms with Gasteiger partial charge in [0.15, 0.2) is 0 Å². The summed E-state index contributed by atoms with van der Waals surface area (Å²) in [6.07, 6.45) is 1.38. The summed E-state index contributed by atoms with van der Waals surface area (Å²) in [5, 5.41) is 8.84. The first-order valence-electron chi connectivity index (χ1n) is 6.41. The number of nitrogens with zero attached hydrogens (tertiary/aromatic N) is 1. The molecule has 0 aliphatic heterocycles. The molecule has 19 heavy (non-hydrogen) atoms. The van der Waals surface area contributed by atoms with E-state index in [-0.39, 0.29) is 5.92 Å². The molecule has 2 aromatic carbocycles. The van der Waals surface area contributed by atoms with Crippen LogP contribution in [0.5, 0.6) is 5.75 Å². The third-order valence-electron chi connectivity index (χ3n) is 3.24. The second-order valence-corrected chi connectivity index (χ2v) is 4.44. The van der Waals surface area contributed by atoms with Crippen molar-refractivity contribution in [3.05, 3.63) is 65.7 Å². The van der Waals surface area contributed by atoms with Gasteiger partial charge in [0, 0.05) is 12.3 Å². The van der Waals surface area contributed by atoms with Gasteiger partial charge < -0.3 is 4.74 Å². The summed E-state index contributed by atoms with van der Waals surface area (Å²) in [4.78, 5) is 0. The summed E-state index contributed by atoms with van der Waals surface area (Å²) >= 11 is 0. The fourth-order valence-corrected chi connectivity index (χ4v) is 2.28. The maximum Gasteiger partial charge on any atom is 0.119 e. The van der Waals surface area contributed by atoms with Gasteiger partial charge in [-0.1, -0.05) is 42.5 Å². The molecule has 2 aromatic rings.